The van der Waals surface area contributed by atoms with Crippen LogP contribution in [-0.2, 0) is 18.4 Å². The van der Waals surface area contributed by atoms with E-state index in [1.165, 1.54) is 13.8 Å². The first-order valence-corrected chi connectivity index (χ1v) is 12.4. The van der Waals surface area contributed by atoms with Crippen molar-refractivity contribution in [1.82, 2.24) is 0 Å². The van der Waals surface area contributed by atoms with Crippen LogP contribution in [0.2, 0.25) is 19.6 Å². The van der Waals surface area contributed by atoms with E-state index in [0.29, 0.717) is 0 Å². The van der Waals surface area contributed by atoms with Crippen LogP contribution in [-0.4, -0.2) is 30.2 Å². The van der Waals surface area contributed by atoms with E-state index in [1.54, 1.807) is 0 Å². The van der Waals surface area contributed by atoms with Crippen LogP contribution in [0.3, 0.4) is 0 Å². The largest absolute Gasteiger partial charge is 0.369 e. The molecule has 0 aromatic rings. The molecule has 0 atom stereocenters. The predicted octanol–water partition coefficient (Wildman–Crippen LogP) is 4.63. The van der Waals surface area contributed by atoms with Crippen LogP contribution in [0, 0.1) is 0 Å². The standard InChI is InChI=1S/C15H31O4PSi/c1-12(16)10-14(3,4)20(18,19-21(7,8)9)15(5,6)11-13(2)17/h10-11H2,1-9H3. The average Bonchev–Trinajstić information content (AvgIpc) is 2.09. The van der Waals surface area contributed by atoms with Crippen LogP contribution in [0.1, 0.15) is 54.4 Å². The van der Waals surface area contributed by atoms with Crippen LogP contribution >= 0.6 is 7.37 Å². The Kier molecular flexibility index (Phi) is 6.39. The minimum atomic E-state index is -3.23. The van der Waals surface area contributed by atoms with E-state index in [2.05, 4.69) is 0 Å². The molecule has 0 rings (SSSR count). The van der Waals surface area contributed by atoms with E-state index in [9.17, 15) is 14.2 Å². The summed E-state index contributed by atoms with van der Waals surface area (Å²) < 4.78 is 20.0. The number of ketones is 2. The Bertz CT molecular complexity index is 429. The summed E-state index contributed by atoms with van der Waals surface area (Å²) in [5, 5.41) is -1.56. The lowest BCUT2D eigenvalue weighted by Gasteiger charge is -2.46. The Morgan fingerprint density at radius 2 is 1.19 bits per heavy atom. The second kappa shape index (κ2) is 6.47. The Morgan fingerprint density at radius 3 is 1.38 bits per heavy atom. The summed E-state index contributed by atoms with van der Waals surface area (Å²) in [6, 6.07) is 0. The molecule has 0 heterocycles. The minimum Gasteiger partial charge on any atom is -0.369 e. The van der Waals surface area contributed by atoms with Crippen molar-refractivity contribution < 1.29 is 18.4 Å². The highest BCUT2D eigenvalue weighted by Gasteiger charge is 2.54. The maximum absolute atomic E-state index is 13.9. The predicted molar refractivity (Wildman–Crippen MR) is 90.8 cm³/mol. The maximum atomic E-state index is 13.9. The quantitative estimate of drug-likeness (QED) is 0.479. The second-order valence-corrected chi connectivity index (χ2v) is 16.6. The van der Waals surface area contributed by atoms with Crippen LogP contribution in [0.5, 0.6) is 0 Å². The summed E-state index contributed by atoms with van der Waals surface area (Å²) in [6.45, 7) is 16.2. The zero-order chi connectivity index (χ0) is 17.3. The van der Waals surface area contributed by atoms with Gasteiger partial charge in [0.15, 0.2) is 8.32 Å². The molecule has 0 saturated carbocycles. The molecule has 0 radical (unpaired) electrons. The molecular formula is C15H31O4PSi. The molecule has 0 aromatic heterocycles. The number of rotatable bonds is 8. The van der Waals surface area contributed by atoms with Crippen LogP contribution < -0.4 is 0 Å². The molecule has 0 saturated heterocycles. The van der Waals surface area contributed by atoms with Gasteiger partial charge in [0, 0.05) is 23.2 Å². The van der Waals surface area contributed by atoms with Crippen LogP contribution in [0.25, 0.3) is 0 Å². The van der Waals surface area contributed by atoms with E-state index in [-0.39, 0.29) is 24.4 Å². The zero-order valence-electron chi connectivity index (χ0n) is 15.0. The summed E-state index contributed by atoms with van der Waals surface area (Å²) in [7, 11) is -5.33. The fourth-order valence-corrected chi connectivity index (χ4v) is 10.4. The van der Waals surface area contributed by atoms with Gasteiger partial charge in [0.2, 0.25) is 7.37 Å². The molecule has 0 aliphatic heterocycles. The third-order valence-corrected chi connectivity index (χ3v) is 10.1. The minimum absolute atomic E-state index is 0.0157. The lowest BCUT2D eigenvalue weighted by molar-refractivity contribution is -0.118. The van der Waals surface area contributed by atoms with Crippen LogP contribution in [0.4, 0.5) is 0 Å². The molecule has 0 spiro atoms. The molecule has 0 bridgehead atoms. The lowest BCUT2D eigenvalue weighted by atomic mass is 10.1. The summed E-state index contributed by atoms with van der Waals surface area (Å²) in [5.74, 6) is -0.0314. The van der Waals surface area contributed by atoms with Crippen LogP contribution in [0.15, 0.2) is 0 Å². The summed E-state index contributed by atoms with van der Waals surface area (Å²) in [4.78, 5) is 23.2. The first-order chi connectivity index (χ1) is 9.04. The van der Waals surface area contributed by atoms with E-state index < -0.39 is 26.0 Å². The SMILES string of the molecule is CC(=O)CC(C)(C)P(=O)(O[Si](C)(C)C)C(C)(C)CC(C)=O. The third kappa shape index (κ3) is 5.46. The molecule has 0 N–H and O–H groups in total. The van der Waals surface area contributed by atoms with Gasteiger partial charge in [0.25, 0.3) is 0 Å². The normalized spacial score (nSPS) is 14.1. The van der Waals surface area contributed by atoms with Gasteiger partial charge in [0.05, 0.1) is 0 Å². The van der Waals surface area contributed by atoms with Gasteiger partial charge in [-0.05, 0) is 33.5 Å². The number of carbonyl (C=O) groups is 2. The average molecular weight is 334 g/mol. The molecule has 124 valence electrons. The van der Waals surface area contributed by atoms with E-state index >= 15 is 0 Å². The first kappa shape index (κ1) is 20.7. The molecule has 6 heteroatoms. The number of Topliss-reactive ketones (excluding diaryl/α,β-unsaturated/α-hetero) is 2. The van der Waals surface area contributed by atoms with Gasteiger partial charge in [-0.2, -0.15) is 0 Å². The highest BCUT2D eigenvalue weighted by Crippen LogP contribution is 2.71. The molecule has 0 aliphatic rings. The van der Waals surface area contributed by atoms with Gasteiger partial charge in [-0.15, -0.1) is 0 Å². The van der Waals surface area contributed by atoms with Gasteiger partial charge in [0.1, 0.15) is 11.6 Å². The third-order valence-electron chi connectivity index (χ3n) is 3.36. The molecule has 0 amide bonds. The van der Waals surface area contributed by atoms with E-state index in [0.717, 1.165) is 0 Å². The molecule has 4 nitrogen and oxygen atoms in total. The second-order valence-electron chi connectivity index (χ2n) is 8.14. The highest BCUT2D eigenvalue weighted by atomic mass is 31.2. The summed E-state index contributed by atoms with van der Waals surface area (Å²) >= 11 is 0. The van der Waals surface area contributed by atoms with Gasteiger partial charge in [-0.25, -0.2) is 0 Å². The van der Waals surface area contributed by atoms with Gasteiger partial charge in [-0.1, -0.05) is 27.7 Å². The number of hydrogen-bond acceptors (Lipinski definition) is 4. The molecule has 0 unspecified atom stereocenters. The van der Waals surface area contributed by atoms with Crippen molar-refractivity contribution in [3.8, 4) is 0 Å². The van der Waals surface area contributed by atoms with Crippen molar-refractivity contribution >= 4 is 27.3 Å². The molecule has 0 aliphatic carbocycles. The Balaban J connectivity index is 5.96. The monoisotopic (exact) mass is 334 g/mol. The fraction of sp³-hybridized carbons (Fsp3) is 0.867. The Morgan fingerprint density at radius 1 is 0.905 bits per heavy atom. The highest BCUT2D eigenvalue weighted by molar-refractivity contribution is 7.63. The van der Waals surface area contributed by atoms with Crippen molar-refractivity contribution in [3.05, 3.63) is 0 Å². The van der Waals surface area contributed by atoms with E-state index in [4.69, 9.17) is 4.21 Å². The maximum Gasteiger partial charge on any atom is 0.205 e. The van der Waals surface area contributed by atoms with Crippen molar-refractivity contribution in [2.24, 2.45) is 0 Å². The fourth-order valence-electron chi connectivity index (χ4n) is 2.88. The lowest BCUT2D eigenvalue weighted by Crippen LogP contribution is -2.41. The van der Waals surface area contributed by atoms with Gasteiger partial charge < -0.3 is 4.21 Å². The molecular weight excluding hydrogens is 303 g/mol. The number of carbonyl (C=O) groups excluding carboxylic acids is 2. The van der Waals surface area contributed by atoms with Crippen molar-refractivity contribution in [1.29, 1.82) is 0 Å². The van der Waals surface area contributed by atoms with Gasteiger partial charge in [-0.3, -0.25) is 14.2 Å². The Labute approximate surface area is 130 Å². The topological polar surface area (TPSA) is 60.4 Å². The molecule has 21 heavy (non-hydrogen) atoms. The smallest absolute Gasteiger partial charge is 0.205 e. The van der Waals surface area contributed by atoms with E-state index in [1.807, 2.05) is 47.3 Å². The first-order valence-electron chi connectivity index (χ1n) is 7.34. The molecule has 0 fully saturated rings. The Hall–Kier alpha value is -0.253. The zero-order valence-corrected chi connectivity index (χ0v) is 16.9. The summed E-state index contributed by atoms with van der Waals surface area (Å²) in [5.41, 5.74) is 0. The number of hydrogen-bond donors (Lipinski definition) is 0. The van der Waals surface area contributed by atoms with Crippen molar-refractivity contribution in [2.75, 3.05) is 0 Å². The van der Waals surface area contributed by atoms with Crippen molar-refractivity contribution in [2.45, 2.75) is 84.3 Å². The molecule has 0 aromatic carbocycles. The summed E-state index contributed by atoms with van der Waals surface area (Å²) in [6.07, 6.45) is 0.381. The van der Waals surface area contributed by atoms with Crippen molar-refractivity contribution in [3.63, 3.8) is 0 Å². The van der Waals surface area contributed by atoms with Gasteiger partial charge >= 0.3 is 0 Å².